The van der Waals surface area contributed by atoms with Gasteiger partial charge in [-0.25, -0.2) is 4.39 Å². The molecule has 0 bridgehead atoms. The van der Waals surface area contributed by atoms with Crippen molar-refractivity contribution >= 4 is 11.6 Å². The number of ether oxygens (including phenoxy) is 1. The number of halogens is 2. The topological polar surface area (TPSA) is 34.4 Å². The minimum atomic E-state index is -0.582. The Hall–Kier alpha value is -2.46. The number of nitrogens with one attached hydrogen (secondary N) is 1. The average molecular weight is 350 g/mol. The van der Waals surface area contributed by atoms with Crippen LogP contribution in [0.3, 0.4) is 0 Å². The molecule has 0 unspecified atom stereocenters. The molecule has 0 aliphatic carbocycles. The Morgan fingerprint density at radius 2 is 2.17 bits per heavy atom. The zero-order valence-corrected chi connectivity index (χ0v) is 14.4. The number of hydrogen-bond acceptors (Lipinski definition) is 3. The summed E-state index contributed by atoms with van der Waals surface area (Å²) in [5.41, 5.74) is 1.36. The van der Waals surface area contributed by atoms with Gasteiger partial charge < -0.3 is 14.5 Å². The van der Waals surface area contributed by atoms with E-state index in [4.69, 9.17) is 20.8 Å². The van der Waals surface area contributed by atoms with Crippen molar-refractivity contribution in [3.05, 3.63) is 96.1 Å². The van der Waals surface area contributed by atoms with E-state index in [0.29, 0.717) is 11.6 Å². The largest absolute Gasteiger partial charge is 0.488 e. The van der Waals surface area contributed by atoms with Crippen LogP contribution < -0.4 is 5.32 Å². The van der Waals surface area contributed by atoms with Gasteiger partial charge in [-0.05, 0) is 31.3 Å². The number of hydrogen-bond donors (Lipinski definition) is 1. The first-order valence-corrected chi connectivity index (χ1v) is 7.60. The van der Waals surface area contributed by atoms with Gasteiger partial charge in [-0.1, -0.05) is 43.5 Å². The summed E-state index contributed by atoms with van der Waals surface area (Å²) in [5.74, 6) is 0.536. The zero-order valence-electron chi connectivity index (χ0n) is 13.6. The van der Waals surface area contributed by atoms with E-state index in [0.717, 1.165) is 11.3 Å². The van der Waals surface area contributed by atoms with Crippen molar-refractivity contribution in [2.45, 2.75) is 13.5 Å². The van der Waals surface area contributed by atoms with Gasteiger partial charge in [0, 0.05) is 17.7 Å². The molecule has 0 aromatic carbocycles. The number of furan rings is 1. The second kappa shape index (κ2) is 10.3. The molecule has 0 saturated carbocycles. The molecule has 128 valence electrons. The van der Waals surface area contributed by atoms with E-state index in [2.05, 4.69) is 25.1 Å². The summed E-state index contributed by atoms with van der Waals surface area (Å²) in [5, 5.41) is 3.42. The molecule has 0 spiro atoms. The van der Waals surface area contributed by atoms with E-state index < -0.39 is 5.83 Å². The molecule has 0 fully saturated rings. The van der Waals surface area contributed by atoms with Crippen LogP contribution in [0.15, 0.2) is 89.2 Å². The van der Waals surface area contributed by atoms with Crippen molar-refractivity contribution in [3.63, 3.8) is 0 Å². The minimum absolute atomic E-state index is 0.0218. The Labute approximate surface area is 147 Å². The zero-order chi connectivity index (χ0) is 17.9. The third-order valence-corrected chi connectivity index (χ3v) is 3.39. The summed E-state index contributed by atoms with van der Waals surface area (Å²) in [6.07, 6.45) is 9.68. The van der Waals surface area contributed by atoms with Gasteiger partial charge >= 0.3 is 0 Å². The maximum Gasteiger partial charge on any atom is 0.131 e. The molecule has 0 aliphatic heterocycles. The monoisotopic (exact) mass is 349 g/mol. The molecule has 1 N–H and O–H groups in total. The van der Waals surface area contributed by atoms with Crippen LogP contribution in [-0.2, 0) is 11.3 Å². The van der Waals surface area contributed by atoms with Crippen LogP contribution in [0.4, 0.5) is 4.39 Å². The van der Waals surface area contributed by atoms with E-state index in [9.17, 15) is 4.39 Å². The van der Waals surface area contributed by atoms with Crippen molar-refractivity contribution in [1.82, 2.24) is 5.32 Å². The molecule has 1 rings (SSSR count). The van der Waals surface area contributed by atoms with Crippen LogP contribution in [0, 0.1) is 6.92 Å². The van der Waals surface area contributed by atoms with E-state index >= 15 is 0 Å². The third-order valence-electron chi connectivity index (χ3n) is 3.05. The van der Waals surface area contributed by atoms with Crippen LogP contribution in [0.2, 0.25) is 0 Å². The standard InChI is InChI=1S/C19H21ClFNO2/c1-5-7-18(14(2)21)13-24-16(4)19(20)8-6-10-22-12-17-9-11-23-15(17)3/h5-11,22H,1-2,4,12-13H2,3H3/b10-6+,18-7-,19-8+. The van der Waals surface area contributed by atoms with Crippen molar-refractivity contribution in [2.24, 2.45) is 0 Å². The normalized spacial score (nSPS) is 12.3. The first-order valence-electron chi connectivity index (χ1n) is 7.22. The molecule has 0 amide bonds. The molecule has 1 aromatic heterocycles. The van der Waals surface area contributed by atoms with Gasteiger partial charge in [-0.15, -0.1) is 0 Å². The molecule has 0 saturated heterocycles. The van der Waals surface area contributed by atoms with Crippen LogP contribution >= 0.6 is 11.6 Å². The van der Waals surface area contributed by atoms with Crippen molar-refractivity contribution in [1.29, 1.82) is 0 Å². The predicted molar refractivity (Wildman–Crippen MR) is 97.0 cm³/mol. The van der Waals surface area contributed by atoms with Crippen LogP contribution in [0.5, 0.6) is 0 Å². The molecule has 0 aliphatic rings. The Morgan fingerprint density at radius 1 is 1.42 bits per heavy atom. The van der Waals surface area contributed by atoms with Gasteiger partial charge in [0.25, 0.3) is 0 Å². The Bertz CT molecular complexity index is 683. The number of aryl methyl sites for hydroxylation is 1. The lowest BCUT2D eigenvalue weighted by Gasteiger charge is -2.09. The van der Waals surface area contributed by atoms with Crippen molar-refractivity contribution < 1.29 is 13.5 Å². The highest BCUT2D eigenvalue weighted by molar-refractivity contribution is 6.31. The summed E-state index contributed by atoms with van der Waals surface area (Å²) in [6, 6.07) is 1.90. The fraction of sp³-hybridized carbons (Fsp3) is 0.158. The maximum atomic E-state index is 13.1. The third kappa shape index (κ3) is 6.75. The molecule has 0 atom stereocenters. The minimum Gasteiger partial charge on any atom is -0.488 e. The van der Waals surface area contributed by atoms with E-state index in [1.54, 1.807) is 24.6 Å². The second-order valence-corrected chi connectivity index (χ2v) is 5.21. The van der Waals surface area contributed by atoms with E-state index in [1.807, 2.05) is 13.0 Å². The fourth-order valence-corrected chi connectivity index (χ4v) is 1.78. The molecule has 5 heteroatoms. The molecular weight excluding hydrogens is 329 g/mol. The van der Waals surface area contributed by atoms with Crippen molar-refractivity contribution in [2.75, 3.05) is 6.61 Å². The summed E-state index contributed by atoms with van der Waals surface area (Å²) in [6.45, 7) is 13.0. The van der Waals surface area contributed by atoms with Gasteiger partial charge in [0.2, 0.25) is 0 Å². The van der Waals surface area contributed by atoms with E-state index in [-0.39, 0.29) is 17.9 Å². The van der Waals surface area contributed by atoms with E-state index in [1.165, 1.54) is 12.2 Å². The molecule has 3 nitrogen and oxygen atoms in total. The highest BCUT2D eigenvalue weighted by atomic mass is 35.5. The van der Waals surface area contributed by atoms with Gasteiger partial charge in [-0.3, -0.25) is 0 Å². The molecule has 0 radical (unpaired) electrons. The lowest BCUT2D eigenvalue weighted by Crippen LogP contribution is -2.04. The van der Waals surface area contributed by atoms with Gasteiger partial charge in [0.1, 0.15) is 24.0 Å². The second-order valence-electron chi connectivity index (χ2n) is 4.80. The lowest BCUT2D eigenvalue weighted by molar-refractivity contribution is 0.251. The van der Waals surface area contributed by atoms with Gasteiger partial charge in [0.05, 0.1) is 11.3 Å². The fourth-order valence-electron chi connectivity index (χ4n) is 1.65. The molecule has 1 aromatic rings. The van der Waals surface area contributed by atoms with Gasteiger partial charge in [0.15, 0.2) is 0 Å². The lowest BCUT2D eigenvalue weighted by atomic mass is 10.2. The van der Waals surface area contributed by atoms with Gasteiger partial charge in [-0.2, -0.15) is 0 Å². The summed E-state index contributed by atoms with van der Waals surface area (Å²) >= 11 is 6.06. The maximum absolute atomic E-state index is 13.1. The van der Waals surface area contributed by atoms with Crippen LogP contribution in [0.25, 0.3) is 0 Å². The van der Waals surface area contributed by atoms with Crippen LogP contribution in [0.1, 0.15) is 11.3 Å². The first kappa shape index (κ1) is 19.6. The smallest absolute Gasteiger partial charge is 0.131 e. The Balaban J connectivity index is 2.44. The highest BCUT2D eigenvalue weighted by Gasteiger charge is 2.05. The summed E-state index contributed by atoms with van der Waals surface area (Å²) < 4.78 is 23.7. The number of allylic oxidation sites excluding steroid dienone is 5. The van der Waals surface area contributed by atoms with Crippen LogP contribution in [-0.4, -0.2) is 6.61 Å². The molecular formula is C19H21ClFNO2. The molecule has 24 heavy (non-hydrogen) atoms. The highest BCUT2D eigenvalue weighted by Crippen LogP contribution is 2.17. The number of rotatable bonds is 10. The molecule has 1 heterocycles. The Morgan fingerprint density at radius 3 is 2.75 bits per heavy atom. The summed E-state index contributed by atoms with van der Waals surface area (Å²) in [4.78, 5) is 0. The SMILES string of the molecule is C=C/C=C(/COC(=C)/C(Cl)=C\C=C\NCc1ccoc1C)C(=C)F. The predicted octanol–water partition coefficient (Wildman–Crippen LogP) is 5.44. The quantitative estimate of drug-likeness (QED) is 0.451. The average Bonchev–Trinajstić information content (AvgIpc) is 2.95. The Kier molecular flexibility index (Phi) is 8.44. The van der Waals surface area contributed by atoms with Crippen molar-refractivity contribution in [3.8, 4) is 0 Å². The first-order chi connectivity index (χ1) is 11.5. The summed E-state index contributed by atoms with van der Waals surface area (Å²) in [7, 11) is 0.